The quantitative estimate of drug-likeness (QED) is 0.631. The van der Waals surface area contributed by atoms with Gasteiger partial charge in [0, 0.05) is 24.5 Å². The van der Waals surface area contributed by atoms with Crippen molar-refractivity contribution in [1.82, 2.24) is 9.97 Å². The zero-order chi connectivity index (χ0) is 16.8. The minimum atomic E-state index is -0.344. The molecular formula is C16H19ClN4OS. The molecule has 0 aliphatic heterocycles. The molecule has 0 aliphatic rings. The highest BCUT2D eigenvalue weighted by atomic mass is 35.5. The molecule has 5 nitrogen and oxygen atoms in total. The van der Waals surface area contributed by atoms with Crippen LogP contribution in [0.4, 0.5) is 11.4 Å². The van der Waals surface area contributed by atoms with E-state index in [-0.39, 0.29) is 16.6 Å². The SMILES string of the molecule is CCN(CC)c1ccc(NC(=O)c2nc(SC)ncc2Cl)cc1. The summed E-state index contributed by atoms with van der Waals surface area (Å²) in [5.41, 5.74) is 2.00. The molecule has 0 aliphatic carbocycles. The van der Waals surface area contributed by atoms with Crippen LogP contribution in [0.15, 0.2) is 35.6 Å². The Morgan fingerprint density at radius 1 is 1.26 bits per heavy atom. The molecule has 2 aromatic rings. The van der Waals surface area contributed by atoms with Crippen molar-refractivity contribution in [2.24, 2.45) is 0 Å². The Kier molecular flexibility index (Phi) is 6.24. The second-order valence-corrected chi connectivity index (χ2v) is 5.91. The first-order valence-corrected chi connectivity index (χ1v) is 8.92. The van der Waals surface area contributed by atoms with Gasteiger partial charge in [0.1, 0.15) is 0 Å². The Morgan fingerprint density at radius 3 is 2.48 bits per heavy atom. The summed E-state index contributed by atoms with van der Waals surface area (Å²) in [6.45, 7) is 6.10. The largest absolute Gasteiger partial charge is 0.372 e. The van der Waals surface area contributed by atoms with Crippen molar-refractivity contribution >= 4 is 40.6 Å². The van der Waals surface area contributed by atoms with Gasteiger partial charge in [0.15, 0.2) is 10.9 Å². The summed E-state index contributed by atoms with van der Waals surface area (Å²) in [5, 5.41) is 3.56. The van der Waals surface area contributed by atoms with Crippen LogP contribution < -0.4 is 10.2 Å². The number of hydrogen-bond acceptors (Lipinski definition) is 5. The van der Waals surface area contributed by atoms with Gasteiger partial charge in [-0.3, -0.25) is 4.79 Å². The number of rotatable bonds is 6. The van der Waals surface area contributed by atoms with Crippen molar-refractivity contribution in [3.8, 4) is 0 Å². The number of carbonyl (C=O) groups is 1. The van der Waals surface area contributed by atoms with Gasteiger partial charge >= 0.3 is 0 Å². The second-order valence-electron chi connectivity index (χ2n) is 4.73. The number of aromatic nitrogens is 2. The predicted molar refractivity (Wildman–Crippen MR) is 96.8 cm³/mol. The summed E-state index contributed by atoms with van der Waals surface area (Å²) in [6, 6.07) is 7.71. The molecule has 0 saturated carbocycles. The highest BCUT2D eigenvalue weighted by Gasteiger charge is 2.14. The third-order valence-corrected chi connectivity index (χ3v) is 4.21. The van der Waals surface area contributed by atoms with Gasteiger partial charge in [-0.2, -0.15) is 0 Å². The monoisotopic (exact) mass is 350 g/mol. The number of thioether (sulfide) groups is 1. The number of hydrogen-bond donors (Lipinski definition) is 1. The van der Waals surface area contributed by atoms with Crippen LogP contribution in [-0.2, 0) is 0 Å². The smallest absolute Gasteiger partial charge is 0.275 e. The predicted octanol–water partition coefficient (Wildman–Crippen LogP) is 3.95. The molecule has 23 heavy (non-hydrogen) atoms. The summed E-state index contributed by atoms with van der Waals surface area (Å²) in [5.74, 6) is -0.344. The summed E-state index contributed by atoms with van der Waals surface area (Å²) >= 11 is 7.38. The molecule has 1 aromatic carbocycles. The van der Waals surface area contributed by atoms with Gasteiger partial charge in [-0.15, -0.1) is 0 Å². The zero-order valence-corrected chi connectivity index (χ0v) is 14.9. The first-order chi connectivity index (χ1) is 11.1. The van der Waals surface area contributed by atoms with E-state index < -0.39 is 0 Å². The third kappa shape index (κ3) is 4.36. The molecule has 1 N–H and O–H groups in total. The minimum absolute atomic E-state index is 0.179. The van der Waals surface area contributed by atoms with Crippen LogP contribution in [-0.4, -0.2) is 35.2 Å². The van der Waals surface area contributed by atoms with Crippen LogP contribution in [0.1, 0.15) is 24.3 Å². The van der Waals surface area contributed by atoms with E-state index in [4.69, 9.17) is 11.6 Å². The fourth-order valence-electron chi connectivity index (χ4n) is 2.14. The highest BCUT2D eigenvalue weighted by Crippen LogP contribution is 2.20. The van der Waals surface area contributed by atoms with Gasteiger partial charge in [0.2, 0.25) is 0 Å². The Morgan fingerprint density at radius 2 is 1.91 bits per heavy atom. The molecule has 0 radical (unpaired) electrons. The van der Waals surface area contributed by atoms with Crippen molar-refractivity contribution < 1.29 is 4.79 Å². The Bertz CT molecular complexity index is 674. The lowest BCUT2D eigenvalue weighted by atomic mass is 10.2. The lowest BCUT2D eigenvalue weighted by Crippen LogP contribution is -2.21. The van der Waals surface area contributed by atoms with Gasteiger partial charge < -0.3 is 10.2 Å². The number of halogens is 1. The van der Waals surface area contributed by atoms with Crippen LogP contribution in [0, 0.1) is 0 Å². The molecule has 0 spiro atoms. The van der Waals surface area contributed by atoms with Crippen LogP contribution >= 0.6 is 23.4 Å². The maximum Gasteiger partial charge on any atom is 0.275 e. The van der Waals surface area contributed by atoms with E-state index in [1.807, 2.05) is 30.5 Å². The Hall–Kier alpha value is -1.79. The van der Waals surface area contributed by atoms with Gasteiger partial charge in [0.25, 0.3) is 5.91 Å². The van der Waals surface area contributed by atoms with E-state index in [2.05, 4.69) is 34.0 Å². The van der Waals surface area contributed by atoms with E-state index in [1.54, 1.807) is 0 Å². The lowest BCUT2D eigenvalue weighted by Gasteiger charge is -2.21. The molecule has 0 fully saturated rings. The maximum atomic E-state index is 12.3. The average Bonchev–Trinajstić information content (AvgIpc) is 2.58. The summed E-state index contributed by atoms with van der Waals surface area (Å²) in [7, 11) is 0. The Balaban J connectivity index is 2.14. The number of nitrogens with zero attached hydrogens (tertiary/aromatic N) is 3. The fourth-order valence-corrected chi connectivity index (χ4v) is 2.66. The molecule has 7 heteroatoms. The van der Waals surface area contributed by atoms with Crippen LogP contribution in [0.2, 0.25) is 5.02 Å². The molecule has 0 bridgehead atoms. The van der Waals surface area contributed by atoms with E-state index in [0.29, 0.717) is 10.8 Å². The number of anilines is 2. The summed E-state index contributed by atoms with van der Waals surface area (Å²) in [6.07, 6.45) is 3.29. The molecule has 2 rings (SSSR count). The molecule has 0 unspecified atom stereocenters. The highest BCUT2D eigenvalue weighted by molar-refractivity contribution is 7.98. The number of carbonyl (C=O) groups excluding carboxylic acids is 1. The van der Waals surface area contributed by atoms with Crippen molar-refractivity contribution in [2.45, 2.75) is 19.0 Å². The van der Waals surface area contributed by atoms with E-state index in [1.165, 1.54) is 18.0 Å². The second kappa shape index (κ2) is 8.17. The van der Waals surface area contributed by atoms with Gasteiger partial charge in [-0.25, -0.2) is 9.97 Å². The van der Waals surface area contributed by atoms with Crippen molar-refractivity contribution in [2.75, 3.05) is 29.6 Å². The molecule has 1 heterocycles. The molecule has 1 amide bonds. The first kappa shape index (κ1) is 17.6. The number of amides is 1. The van der Waals surface area contributed by atoms with Crippen LogP contribution in [0.3, 0.4) is 0 Å². The van der Waals surface area contributed by atoms with E-state index in [0.717, 1.165) is 18.8 Å². The number of nitrogens with one attached hydrogen (secondary N) is 1. The molecular weight excluding hydrogens is 332 g/mol. The van der Waals surface area contributed by atoms with Crippen LogP contribution in [0.5, 0.6) is 0 Å². The molecule has 1 aromatic heterocycles. The molecule has 0 saturated heterocycles. The van der Waals surface area contributed by atoms with Gasteiger partial charge in [0.05, 0.1) is 11.2 Å². The van der Waals surface area contributed by atoms with Gasteiger partial charge in [-0.05, 0) is 44.4 Å². The van der Waals surface area contributed by atoms with E-state index in [9.17, 15) is 4.79 Å². The molecule has 122 valence electrons. The maximum absolute atomic E-state index is 12.3. The van der Waals surface area contributed by atoms with Gasteiger partial charge in [-0.1, -0.05) is 23.4 Å². The Labute approximate surface area is 145 Å². The summed E-state index contributed by atoms with van der Waals surface area (Å²) < 4.78 is 0. The average molecular weight is 351 g/mol. The molecule has 0 atom stereocenters. The third-order valence-electron chi connectivity index (χ3n) is 3.37. The lowest BCUT2D eigenvalue weighted by molar-refractivity contribution is 0.102. The van der Waals surface area contributed by atoms with Crippen LogP contribution in [0.25, 0.3) is 0 Å². The fraction of sp³-hybridized carbons (Fsp3) is 0.312. The first-order valence-electron chi connectivity index (χ1n) is 7.31. The summed E-state index contributed by atoms with van der Waals surface area (Å²) in [4.78, 5) is 22.8. The van der Waals surface area contributed by atoms with Crippen molar-refractivity contribution in [3.63, 3.8) is 0 Å². The zero-order valence-electron chi connectivity index (χ0n) is 13.3. The standard InChI is InChI=1S/C16H19ClN4OS/c1-4-21(5-2)12-8-6-11(7-9-12)19-15(22)14-13(17)10-18-16(20-14)23-3/h6-10H,4-5H2,1-3H3,(H,19,22). The van der Waals surface area contributed by atoms with E-state index >= 15 is 0 Å². The van der Waals surface area contributed by atoms with Crippen molar-refractivity contribution in [3.05, 3.63) is 41.2 Å². The normalized spacial score (nSPS) is 10.4. The number of benzene rings is 1. The van der Waals surface area contributed by atoms with Crippen molar-refractivity contribution in [1.29, 1.82) is 0 Å². The minimum Gasteiger partial charge on any atom is -0.372 e. The topological polar surface area (TPSA) is 58.1 Å².